The first kappa shape index (κ1) is 18.0. The molecule has 0 aliphatic heterocycles. The predicted octanol–water partition coefficient (Wildman–Crippen LogP) is 1.86. The van der Waals surface area contributed by atoms with Gasteiger partial charge in [-0.05, 0) is 19.4 Å². The highest BCUT2D eigenvalue weighted by atomic mass is 16.5. The first-order chi connectivity index (χ1) is 11.7. The van der Waals surface area contributed by atoms with Crippen LogP contribution in [0, 0.1) is 13.8 Å². The van der Waals surface area contributed by atoms with E-state index in [0.717, 1.165) is 24.7 Å². The third-order valence-electron chi connectivity index (χ3n) is 3.96. The molecule has 1 aromatic carbocycles. The van der Waals surface area contributed by atoms with E-state index in [2.05, 4.69) is 56.6 Å². The molecule has 1 aromatic heterocycles. The van der Waals surface area contributed by atoms with Crippen LogP contribution in [0.3, 0.4) is 0 Å². The van der Waals surface area contributed by atoms with Crippen LogP contribution < -0.4 is 10.6 Å². The van der Waals surface area contributed by atoms with Gasteiger partial charge in [0.2, 0.25) is 0 Å². The van der Waals surface area contributed by atoms with Crippen molar-refractivity contribution in [2.75, 3.05) is 27.3 Å². The molecular formula is C18H27N5O. The molecule has 2 N–H and O–H groups in total. The highest BCUT2D eigenvalue weighted by Crippen LogP contribution is 2.14. The van der Waals surface area contributed by atoms with Crippen LogP contribution >= 0.6 is 0 Å². The highest BCUT2D eigenvalue weighted by molar-refractivity contribution is 5.79. The van der Waals surface area contributed by atoms with E-state index in [1.165, 1.54) is 16.8 Å². The van der Waals surface area contributed by atoms with Crippen LogP contribution in [0.25, 0.3) is 0 Å². The van der Waals surface area contributed by atoms with Gasteiger partial charge < -0.3 is 15.4 Å². The number of hydrogen-bond acceptors (Lipinski definition) is 3. The van der Waals surface area contributed by atoms with Gasteiger partial charge in [-0.2, -0.15) is 5.10 Å². The molecule has 0 radical (unpaired) electrons. The van der Waals surface area contributed by atoms with E-state index >= 15 is 0 Å². The van der Waals surface area contributed by atoms with E-state index in [0.29, 0.717) is 13.2 Å². The summed E-state index contributed by atoms with van der Waals surface area (Å²) in [4.78, 5) is 4.22. The molecule has 2 aromatic rings. The Kier molecular flexibility index (Phi) is 6.81. The van der Waals surface area contributed by atoms with Gasteiger partial charge in [-0.15, -0.1) is 0 Å². The second-order valence-corrected chi connectivity index (χ2v) is 5.64. The third-order valence-corrected chi connectivity index (χ3v) is 3.96. The molecule has 24 heavy (non-hydrogen) atoms. The van der Waals surface area contributed by atoms with E-state index in [1.807, 2.05) is 13.0 Å². The Balaban J connectivity index is 2.00. The number of methoxy groups -OCH3 is 1. The minimum absolute atomic E-state index is 0.647. The Morgan fingerprint density at radius 2 is 1.96 bits per heavy atom. The maximum Gasteiger partial charge on any atom is 0.191 e. The molecule has 130 valence electrons. The molecule has 0 amide bonds. The molecule has 0 bridgehead atoms. The van der Waals surface area contributed by atoms with Gasteiger partial charge in [0, 0.05) is 38.5 Å². The lowest BCUT2D eigenvalue weighted by Gasteiger charge is -2.12. The van der Waals surface area contributed by atoms with Crippen LogP contribution in [-0.2, 0) is 17.8 Å². The second kappa shape index (κ2) is 9.08. The minimum Gasteiger partial charge on any atom is -0.383 e. The SMILES string of the molecule is CN=C(NCCOC)NCc1c(C)nn(Cc2ccccc2)c1C. The second-order valence-electron chi connectivity index (χ2n) is 5.64. The molecule has 6 nitrogen and oxygen atoms in total. The zero-order chi connectivity index (χ0) is 17.4. The van der Waals surface area contributed by atoms with E-state index in [9.17, 15) is 0 Å². The van der Waals surface area contributed by atoms with Gasteiger partial charge in [-0.25, -0.2) is 0 Å². The van der Waals surface area contributed by atoms with Gasteiger partial charge in [0.1, 0.15) is 0 Å². The summed E-state index contributed by atoms with van der Waals surface area (Å²) in [7, 11) is 3.45. The summed E-state index contributed by atoms with van der Waals surface area (Å²) in [6.45, 7) is 7.01. The number of guanidine groups is 1. The van der Waals surface area contributed by atoms with Crippen molar-refractivity contribution in [2.45, 2.75) is 26.9 Å². The molecule has 2 rings (SSSR count). The normalized spacial score (nSPS) is 11.6. The van der Waals surface area contributed by atoms with Crippen molar-refractivity contribution in [1.29, 1.82) is 0 Å². The maximum absolute atomic E-state index is 5.04. The zero-order valence-electron chi connectivity index (χ0n) is 15.0. The molecular weight excluding hydrogens is 302 g/mol. The fourth-order valence-electron chi connectivity index (χ4n) is 2.56. The van der Waals surface area contributed by atoms with Crippen LogP contribution in [-0.4, -0.2) is 43.0 Å². The molecule has 0 atom stereocenters. The topological polar surface area (TPSA) is 63.5 Å². The maximum atomic E-state index is 5.04. The lowest BCUT2D eigenvalue weighted by molar-refractivity contribution is 0.203. The summed E-state index contributed by atoms with van der Waals surface area (Å²) in [6.07, 6.45) is 0. The number of hydrogen-bond donors (Lipinski definition) is 2. The smallest absolute Gasteiger partial charge is 0.191 e. The van der Waals surface area contributed by atoms with Crippen molar-refractivity contribution >= 4 is 5.96 Å². The standard InChI is InChI=1S/C18H27N5O/c1-14-17(12-21-18(19-3)20-10-11-24-4)15(2)23(22-14)13-16-8-6-5-7-9-16/h5-9H,10-13H2,1-4H3,(H2,19,20,21). The molecule has 0 aliphatic rings. The van der Waals surface area contributed by atoms with Crippen molar-refractivity contribution in [2.24, 2.45) is 4.99 Å². The number of aromatic nitrogens is 2. The van der Waals surface area contributed by atoms with Crippen molar-refractivity contribution in [3.05, 3.63) is 52.8 Å². The van der Waals surface area contributed by atoms with Gasteiger partial charge in [0.15, 0.2) is 5.96 Å². The molecule has 0 spiro atoms. The number of aliphatic imine (C=N–C) groups is 1. The monoisotopic (exact) mass is 329 g/mol. The van der Waals surface area contributed by atoms with E-state index in [4.69, 9.17) is 4.74 Å². The van der Waals surface area contributed by atoms with Gasteiger partial charge in [-0.3, -0.25) is 9.67 Å². The Hall–Kier alpha value is -2.34. The Morgan fingerprint density at radius 1 is 1.21 bits per heavy atom. The summed E-state index contributed by atoms with van der Waals surface area (Å²) >= 11 is 0. The number of nitrogens with zero attached hydrogens (tertiary/aromatic N) is 3. The summed E-state index contributed by atoms with van der Waals surface area (Å²) in [5.41, 5.74) is 4.68. The third kappa shape index (κ3) is 4.83. The van der Waals surface area contributed by atoms with Gasteiger partial charge in [0.05, 0.1) is 18.8 Å². The first-order valence-electron chi connectivity index (χ1n) is 8.16. The van der Waals surface area contributed by atoms with E-state index < -0.39 is 0 Å². The number of rotatable bonds is 7. The Labute approximate surface area is 143 Å². The lowest BCUT2D eigenvalue weighted by atomic mass is 10.2. The van der Waals surface area contributed by atoms with Crippen LogP contribution in [0.4, 0.5) is 0 Å². The van der Waals surface area contributed by atoms with Crippen LogP contribution in [0.1, 0.15) is 22.5 Å². The van der Waals surface area contributed by atoms with Crippen LogP contribution in [0.2, 0.25) is 0 Å². The quantitative estimate of drug-likeness (QED) is 0.462. The predicted molar refractivity (Wildman–Crippen MR) is 97.3 cm³/mol. The van der Waals surface area contributed by atoms with Gasteiger partial charge in [-0.1, -0.05) is 30.3 Å². The van der Waals surface area contributed by atoms with Crippen LogP contribution in [0.15, 0.2) is 35.3 Å². The number of nitrogens with one attached hydrogen (secondary N) is 2. The number of ether oxygens (including phenoxy) is 1. The van der Waals surface area contributed by atoms with Crippen molar-refractivity contribution in [3.63, 3.8) is 0 Å². The highest BCUT2D eigenvalue weighted by Gasteiger charge is 2.12. The number of benzene rings is 1. The Bertz CT molecular complexity index is 664. The van der Waals surface area contributed by atoms with E-state index in [-0.39, 0.29) is 0 Å². The zero-order valence-corrected chi connectivity index (χ0v) is 15.0. The summed E-state index contributed by atoms with van der Waals surface area (Å²) in [5.74, 6) is 0.765. The molecule has 0 fully saturated rings. The number of aryl methyl sites for hydroxylation is 1. The Morgan fingerprint density at radius 3 is 2.62 bits per heavy atom. The van der Waals surface area contributed by atoms with Crippen LogP contribution in [0.5, 0.6) is 0 Å². The van der Waals surface area contributed by atoms with Crippen molar-refractivity contribution in [1.82, 2.24) is 20.4 Å². The molecule has 6 heteroatoms. The van der Waals surface area contributed by atoms with E-state index in [1.54, 1.807) is 14.2 Å². The average Bonchev–Trinajstić information content (AvgIpc) is 2.86. The van der Waals surface area contributed by atoms with Gasteiger partial charge in [0.25, 0.3) is 0 Å². The summed E-state index contributed by atoms with van der Waals surface area (Å²) < 4.78 is 7.10. The lowest BCUT2D eigenvalue weighted by Crippen LogP contribution is -2.38. The largest absolute Gasteiger partial charge is 0.383 e. The fourth-order valence-corrected chi connectivity index (χ4v) is 2.56. The van der Waals surface area contributed by atoms with Gasteiger partial charge >= 0.3 is 0 Å². The summed E-state index contributed by atoms with van der Waals surface area (Å²) in [6, 6.07) is 10.4. The summed E-state index contributed by atoms with van der Waals surface area (Å²) in [5, 5.41) is 11.2. The molecule has 0 unspecified atom stereocenters. The molecule has 0 aliphatic carbocycles. The average molecular weight is 329 g/mol. The fraction of sp³-hybridized carbons (Fsp3) is 0.444. The molecule has 0 saturated heterocycles. The minimum atomic E-state index is 0.647. The molecule has 1 heterocycles. The first-order valence-corrected chi connectivity index (χ1v) is 8.16. The van der Waals surface area contributed by atoms with Crippen molar-refractivity contribution in [3.8, 4) is 0 Å². The molecule has 0 saturated carbocycles. The van der Waals surface area contributed by atoms with Crippen molar-refractivity contribution < 1.29 is 4.74 Å².